The third-order valence-corrected chi connectivity index (χ3v) is 11.7. The van der Waals surface area contributed by atoms with Crippen LogP contribution in [-0.2, 0) is 0 Å². The summed E-state index contributed by atoms with van der Waals surface area (Å²) in [4.78, 5) is 2.41. The zero-order chi connectivity index (χ0) is 39.8. The van der Waals surface area contributed by atoms with Gasteiger partial charge < -0.3 is 9.47 Å². The fourth-order valence-electron chi connectivity index (χ4n) is 8.88. The fourth-order valence-corrected chi connectivity index (χ4v) is 8.88. The van der Waals surface area contributed by atoms with Gasteiger partial charge in [-0.3, -0.25) is 0 Å². The topological polar surface area (TPSA) is 8.17 Å². The summed E-state index contributed by atoms with van der Waals surface area (Å²) in [6, 6.07) is 88.0. The van der Waals surface area contributed by atoms with Crippen LogP contribution < -0.4 is 4.90 Å². The van der Waals surface area contributed by atoms with Gasteiger partial charge in [0.15, 0.2) is 0 Å². The number of nitrogens with zero attached hydrogens (tertiary/aromatic N) is 2. The van der Waals surface area contributed by atoms with Crippen LogP contribution in [-0.4, -0.2) is 4.57 Å². The average molecular weight is 765 g/mol. The Bertz CT molecular complexity index is 3220. The minimum absolute atomic E-state index is 1.08. The van der Waals surface area contributed by atoms with E-state index in [1.165, 1.54) is 71.5 Å². The van der Waals surface area contributed by atoms with Gasteiger partial charge in [-0.1, -0.05) is 170 Å². The van der Waals surface area contributed by atoms with Crippen molar-refractivity contribution in [2.24, 2.45) is 0 Å². The van der Waals surface area contributed by atoms with Crippen LogP contribution in [0.4, 0.5) is 17.1 Å². The standard InChI is InChI=1S/C58H40N2/c1-5-17-41(18-6-1)44-31-33-51(34-32-44)59(53-37-48(42-19-7-2-8-20-42)35-49(38-53)43-21-9-3-10-22-43)52-28-15-25-47(36-52)54-29-16-30-56-58(54)55-39-45-23-13-14-24-46(45)40-57(55)60(56)50-26-11-4-12-27-50/h1-40H. The lowest BCUT2D eigenvalue weighted by Crippen LogP contribution is -2.10. The van der Waals surface area contributed by atoms with Crippen molar-refractivity contribution < 1.29 is 0 Å². The molecule has 0 bridgehead atoms. The number of hydrogen-bond donors (Lipinski definition) is 0. The largest absolute Gasteiger partial charge is 0.310 e. The van der Waals surface area contributed by atoms with Crippen LogP contribution in [0.25, 0.3) is 82.8 Å². The van der Waals surface area contributed by atoms with Crippen molar-refractivity contribution in [3.8, 4) is 50.2 Å². The Balaban J connectivity index is 1.14. The highest BCUT2D eigenvalue weighted by Gasteiger charge is 2.20. The molecule has 0 atom stereocenters. The van der Waals surface area contributed by atoms with Crippen molar-refractivity contribution in [2.75, 3.05) is 4.90 Å². The van der Waals surface area contributed by atoms with E-state index in [4.69, 9.17) is 0 Å². The van der Waals surface area contributed by atoms with Gasteiger partial charge in [-0.2, -0.15) is 0 Å². The molecule has 2 heteroatoms. The van der Waals surface area contributed by atoms with Crippen LogP contribution in [0.3, 0.4) is 0 Å². The quantitative estimate of drug-likeness (QED) is 0.150. The van der Waals surface area contributed by atoms with Crippen molar-refractivity contribution in [1.29, 1.82) is 0 Å². The Morgan fingerprint density at radius 3 is 1.42 bits per heavy atom. The van der Waals surface area contributed by atoms with Gasteiger partial charge in [-0.15, -0.1) is 0 Å². The molecule has 0 aliphatic heterocycles. The molecule has 10 aromatic carbocycles. The summed E-state index contributed by atoms with van der Waals surface area (Å²) >= 11 is 0. The minimum atomic E-state index is 1.08. The Labute approximate surface area is 350 Å². The second-order valence-electron chi connectivity index (χ2n) is 15.4. The van der Waals surface area contributed by atoms with E-state index in [-0.39, 0.29) is 0 Å². The van der Waals surface area contributed by atoms with Crippen molar-refractivity contribution in [2.45, 2.75) is 0 Å². The normalized spacial score (nSPS) is 11.3. The second kappa shape index (κ2) is 15.1. The first-order valence-corrected chi connectivity index (χ1v) is 20.6. The predicted octanol–water partition coefficient (Wildman–Crippen LogP) is 16.1. The monoisotopic (exact) mass is 764 g/mol. The molecule has 0 saturated carbocycles. The third kappa shape index (κ3) is 6.41. The van der Waals surface area contributed by atoms with Crippen LogP contribution >= 0.6 is 0 Å². The molecule has 0 N–H and O–H groups in total. The number of benzene rings is 10. The molecule has 2 nitrogen and oxygen atoms in total. The molecular formula is C58H40N2. The van der Waals surface area contributed by atoms with Crippen LogP contribution in [0, 0.1) is 0 Å². The van der Waals surface area contributed by atoms with Crippen LogP contribution in [0.2, 0.25) is 0 Å². The van der Waals surface area contributed by atoms with Gasteiger partial charge in [0, 0.05) is 33.5 Å². The molecule has 1 aromatic heterocycles. The molecule has 0 amide bonds. The molecule has 0 unspecified atom stereocenters. The molecule has 11 aromatic rings. The Morgan fingerprint density at radius 1 is 0.283 bits per heavy atom. The number of hydrogen-bond acceptors (Lipinski definition) is 1. The maximum atomic E-state index is 2.42. The van der Waals surface area contributed by atoms with Crippen molar-refractivity contribution in [3.05, 3.63) is 243 Å². The molecule has 282 valence electrons. The molecule has 0 saturated heterocycles. The molecular weight excluding hydrogens is 725 g/mol. The van der Waals surface area contributed by atoms with Crippen molar-refractivity contribution >= 4 is 49.6 Å². The van der Waals surface area contributed by atoms with E-state index in [0.717, 1.165) is 28.3 Å². The summed E-state index contributed by atoms with van der Waals surface area (Å²) in [5.41, 5.74) is 16.2. The summed E-state index contributed by atoms with van der Waals surface area (Å²) in [6.45, 7) is 0. The van der Waals surface area contributed by atoms with Crippen molar-refractivity contribution in [1.82, 2.24) is 4.57 Å². The van der Waals surface area contributed by atoms with Crippen LogP contribution in [0.5, 0.6) is 0 Å². The van der Waals surface area contributed by atoms with Gasteiger partial charge in [0.25, 0.3) is 0 Å². The van der Waals surface area contributed by atoms with Gasteiger partial charge in [-0.25, -0.2) is 0 Å². The van der Waals surface area contributed by atoms with Crippen LogP contribution in [0.15, 0.2) is 243 Å². The smallest absolute Gasteiger partial charge is 0.0547 e. The number of fused-ring (bicyclic) bond motifs is 4. The van der Waals surface area contributed by atoms with E-state index >= 15 is 0 Å². The third-order valence-electron chi connectivity index (χ3n) is 11.7. The molecule has 0 fully saturated rings. The lowest BCUT2D eigenvalue weighted by atomic mass is 9.96. The van der Waals surface area contributed by atoms with Gasteiger partial charge in [0.2, 0.25) is 0 Å². The molecule has 1 heterocycles. The molecule has 0 aliphatic rings. The average Bonchev–Trinajstić information content (AvgIpc) is 3.65. The second-order valence-corrected chi connectivity index (χ2v) is 15.4. The van der Waals surface area contributed by atoms with Crippen LogP contribution in [0.1, 0.15) is 0 Å². The van der Waals surface area contributed by atoms with E-state index in [0.29, 0.717) is 0 Å². The number of para-hydroxylation sites is 1. The maximum absolute atomic E-state index is 2.42. The molecule has 0 radical (unpaired) electrons. The molecule has 11 rings (SSSR count). The Kier molecular flexibility index (Phi) is 8.87. The molecule has 0 spiro atoms. The first-order valence-electron chi connectivity index (χ1n) is 20.6. The number of anilines is 3. The highest BCUT2D eigenvalue weighted by molar-refractivity contribution is 6.18. The summed E-state index contributed by atoms with van der Waals surface area (Å²) in [5, 5.41) is 4.95. The van der Waals surface area contributed by atoms with Gasteiger partial charge >= 0.3 is 0 Å². The number of rotatable bonds is 8. The number of aromatic nitrogens is 1. The predicted molar refractivity (Wildman–Crippen MR) is 255 cm³/mol. The highest BCUT2D eigenvalue weighted by Crippen LogP contribution is 2.44. The SMILES string of the molecule is c1ccc(-c2ccc(N(c3cc(-c4ccccc4)cc(-c4ccccc4)c3)c3cccc(-c4cccc5c4c4cc6ccccc6cc4n5-c4ccccc4)c3)cc2)cc1. The lowest BCUT2D eigenvalue weighted by Gasteiger charge is -2.27. The summed E-state index contributed by atoms with van der Waals surface area (Å²) in [5.74, 6) is 0. The van der Waals surface area contributed by atoms with E-state index in [2.05, 4.69) is 252 Å². The Hall–Kier alpha value is -7.94. The molecule has 60 heavy (non-hydrogen) atoms. The highest BCUT2D eigenvalue weighted by atomic mass is 15.1. The van der Waals surface area contributed by atoms with E-state index in [1.807, 2.05) is 0 Å². The summed E-state index contributed by atoms with van der Waals surface area (Å²) in [6.07, 6.45) is 0. The lowest BCUT2D eigenvalue weighted by molar-refractivity contribution is 1.18. The van der Waals surface area contributed by atoms with Crippen molar-refractivity contribution in [3.63, 3.8) is 0 Å². The first kappa shape index (κ1) is 35.2. The Morgan fingerprint density at radius 2 is 0.783 bits per heavy atom. The zero-order valence-corrected chi connectivity index (χ0v) is 33.0. The van der Waals surface area contributed by atoms with E-state index in [1.54, 1.807) is 0 Å². The minimum Gasteiger partial charge on any atom is -0.310 e. The fraction of sp³-hybridized carbons (Fsp3) is 0. The summed E-state index contributed by atoms with van der Waals surface area (Å²) in [7, 11) is 0. The summed E-state index contributed by atoms with van der Waals surface area (Å²) < 4.78 is 2.42. The first-order chi connectivity index (χ1) is 29.7. The van der Waals surface area contributed by atoms with Gasteiger partial charge in [-0.05, 0) is 128 Å². The van der Waals surface area contributed by atoms with E-state index in [9.17, 15) is 0 Å². The van der Waals surface area contributed by atoms with Gasteiger partial charge in [0.1, 0.15) is 0 Å². The maximum Gasteiger partial charge on any atom is 0.0547 e. The molecule has 0 aliphatic carbocycles. The van der Waals surface area contributed by atoms with Gasteiger partial charge in [0.05, 0.1) is 11.0 Å². The zero-order valence-electron chi connectivity index (χ0n) is 33.0. The van der Waals surface area contributed by atoms with E-state index < -0.39 is 0 Å².